The van der Waals surface area contributed by atoms with Gasteiger partial charge in [0.2, 0.25) is 11.8 Å². The summed E-state index contributed by atoms with van der Waals surface area (Å²) in [7, 11) is 0. The first-order valence-electron chi connectivity index (χ1n) is 8.78. The van der Waals surface area contributed by atoms with Gasteiger partial charge >= 0.3 is 0 Å². The topological polar surface area (TPSA) is 58.2 Å². The van der Waals surface area contributed by atoms with Gasteiger partial charge < -0.3 is 10.6 Å². The molecule has 0 unspecified atom stereocenters. The third kappa shape index (κ3) is 5.82. The van der Waals surface area contributed by atoms with E-state index in [1.165, 1.54) is 0 Å². The number of benzene rings is 1. The molecule has 0 aromatic heterocycles. The summed E-state index contributed by atoms with van der Waals surface area (Å²) in [5.74, 6) is 0.333. The third-order valence-corrected chi connectivity index (χ3v) is 4.74. The minimum Gasteiger partial charge on any atom is -0.356 e. The zero-order chi connectivity index (χ0) is 17.5. The Morgan fingerprint density at radius 3 is 2.33 bits per heavy atom. The number of hydrogen-bond acceptors (Lipinski definition) is 2. The molecule has 0 atom stereocenters. The number of hydrogen-bond donors (Lipinski definition) is 2. The smallest absolute Gasteiger partial charge is 0.223 e. The fourth-order valence-corrected chi connectivity index (χ4v) is 3.40. The van der Waals surface area contributed by atoms with Crippen LogP contribution in [0.1, 0.15) is 45.1 Å². The molecule has 1 saturated carbocycles. The van der Waals surface area contributed by atoms with Gasteiger partial charge in [-0.1, -0.05) is 23.7 Å². The highest BCUT2D eigenvalue weighted by atomic mass is 35.5. The normalized spacial score (nSPS) is 20.7. The SMILES string of the molecule is CC(C)NC(=O)C1CCC(C(=O)NCCc2cccc(Cl)c2)CC1. The predicted octanol–water partition coefficient (Wildman–Crippen LogP) is 3.33. The molecule has 1 aliphatic carbocycles. The van der Waals surface area contributed by atoms with Gasteiger partial charge in [0.1, 0.15) is 0 Å². The summed E-state index contributed by atoms with van der Waals surface area (Å²) < 4.78 is 0. The van der Waals surface area contributed by atoms with Gasteiger partial charge in [-0.15, -0.1) is 0 Å². The molecule has 0 heterocycles. The molecule has 2 rings (SSSR count). The Balaban J connectivity index is 1.70. The average Bonchev–Trinajstić information content (AvgIpc) is 2.54. The molecule has 1 aromatic rings. The Kier molecular flexibility index (Phi) is 7.10. The Hall–Kier alpha value is -1.55. The van der Waals surface area contributed by atoms with E-state index in [1.54, 1.807) is 0 Å². The maximum atomic E-state index is 12.3. The van der Waals surface area contributed by atoms with Crippen molar-refractivity contribution in [1.29, 1.82) is 0 Å². The number of halogens is 1. The van der Waals surface area contributed by atoms with Crippen molar-refractivity contribution >= 4 is 23.4 Å². The molecule has 1 fully saturated rings. The lowest BCUT2D eigenvalue weighted by Gasteiger charge is -2.27. The Labute approximate surface area is 149 Å². The van der Waals surface area contributed by atoms with Crippen LogP contribution in [0.25, 0.3) is 0 Å². The molecule has 0 radical (unpaired) electrons. The minimum absolute atomic E-state index is 0.0347. The summed E-state index contributed by atoms with van der Waals surface area (Å²) in [6, 6.07) is 7.87. The second-order valence-corrected chi connectivity index (χ2v) is 7.32. The molecule has 132 valence electrons. The molecule has 2 N–H and O–H groups in total. The van der Waals surface area contributed by atoms with Gasteiger partial charge in [0.25, 0.3) is 0 Å². The van der Waals surface area contributed by atoms with Crippen LogP contribution in [0.5, 0.6) is 0 Å². The van der Waals surface area contributed by atoms with Gasteiger partial charge in [-0.05, 0) is 63.6 Å². The fourth-order valence-electron chi connectivity index (χ4n) is 3.19. The van der Waals surface area contributed by atoms with E-state index in [2.05, 4.69) is 10.6 Å². The van der Waals surface area contributed by atoms with Crippen LogP contribution in [-0.2, 0) is 16.0 Å². The van der Waals surface area contributed by atoms with Gasteiger partial charge in [-0.2, -0.15) is 0 Å². The van der Waals surface area contributed by atoms with Crippen LogP contribution in [0.3, 0.4) is 0 Å². The van der Waals surface area contributed by atoms with Crippen LogP contribution in [0.2, 0.25) is 5.02 Å². The summed E-state index contributed by atoms with van der Waals surface area (Å²) in [5.41, 5.74) is 1.12. The van der Waals surface area contributed by atoms with Crippen molar-refractivity contribution in [2.24, 2.45) is 11.8 Å². The van der Waals surface area contributed by atoms with E-state index in [0.29, 0.717) is 6.54 Å². The molecule has 5 heteroatoms. The summed E-state index contributed by atoms with van der Waals surface area (Å²) in [4.78, 5) is 24.3. The summed E-state index contributed by atoms with van der Waals surface area (Å²) in [5, 5.41) is 6.70. The molecule has 0 saturated heterocycles. The molecule has 1 aliphatic rings. The number of amides is 2. The maximum absolute atomic E-state index is 12.3. The van der Waals surface area contributed by atoms with Crippen LogP contribution >= 0.6 is 11.6 Å². The lowest BCUT2D eigenvalue weighted by Crippen LogP contribution is -2.39. The highest BCUT2D eigenvalue weighted by molar-refractivity contribution is 6.30. The maximum Gasteiger partial charge on any atom is 0.223 e. The molecule has 4 nitrogen and oxygen atoms in total. The van der Waals surface area contributed by atoms with E-state index in [9.17, 15) is 9.59 Å². The average molecular weight is 351 g/mol. The molecule has 1 aromatic carbocycles. The van der Waals surface area contributed by atoms with Crippen molar-refractivity contribution in [3.05, 3.63) is 34.9 Å². The second-order valence-electron chi connectivity index (χ2n) is 6.88. The molecular formula is C19H27ClN2O2. The molecule has 2 amide bonds. The largest absolute Gasteiger partial charge is 0.356 e. The highest BCUT2D eigenvalue weighted by Crippen LogP contribution is 2.29. The fraction of sp³-hybridized carbons (Fsp3) is 0.579. The molecule has 24 heavy (non-hydrogen) atoms. The van der Waals surface area contributed by atoms with Crippen LogP contribution in [0.4, 0.5) is 0 Å². The van der Waals surface area contributed by atoms with Crippen molar-refractivity contribution in [2.75, 3.05) is 6.54 Å². The zero-order valence-corrected chi connectivity index (χ0v) is 15.2. The first kappa shape index (κ1) is 18.8. The van der Waals surface area contributed by atoms with E-state index in [1.807, 2.05) is 38.1 Å². The van der Waals surface area contributed by atoms with Gasteiger partial charge in [0.15, 0.2) is 0 Å². The predicted molar refractivity (Wildman–Crippen MR) is 96.9 cm³/mol. The van der Waals surface area contributed by atoms with Crippen LogP contribution in [0.15, 0.2) is 24.3 Å². The number of carbonyl (C=O) groups excluding carboxylic acids is 2. The van der Waals surface area contributed by atoms with Crippen LogP contribution in [-0.4, -0.2) is 24.4 Å². The van der Waals surface area contributed by atoms with Crippen molar-refractivity contribution in [2.45, 2.75) is 52.0 Å². The molecule has 0 spiro atoms. The Morgan fingerprint density at radius 2 is 1.75 bits per heavy atom. The number of rotatable bonds is 6. The van der Waals surface area contributed by atoms with Crippen molar-refractivity contribution in [3.63, 3.8) is 0 Å². The highest BCUT2D eigenvalue weighted by Gasteiger charge is 2.29. The van der Waals surface area contributed by atoms with Crippen LogP contribution in [0, 0.1) is 11.8 Å². The lowest BCUT2D eigenvalue weighted by molar-refractivity contribution is -0.130. The minimum atomic E-state index is 0.0347. The second kappa shape index (κ2) is 9.07. The van der Waals surface area contributed by atoms with Crippen molar-refractivity contribution < 1.29 is 9.59 Å². The van der Waals surface area contributed by atoms with E-state index in [4.69, 9.17) is 11.6 Å². The van der Waals surface area contributed by atoms with E-state index >= 15 is 0 Å². The van der Waals surface area contributed by atoms with E-state index < -0.39 is 0 Å². The Bertz CT molecular complexity index is 566. The number of carbonyl (C=O) groups is 2. The van der Waals surface area contributed by atoms with Gasteiger partial charge in [0.05, 0.1) is 0 Å². The zero-order valence-electron chi connectivity index (χ0n) is 14.5. The first-order chi connectivity index (χ1) is 11.5. The van der Waals surface area contributed by atoms with Gasteiger partial charge in [-0.3, -0.25) is 9.59 Å². The number of nitrogens with one attached hydrogen (secondary N) is 2. The Morgan fingerprint density at radius 1 is 1.12 bits per heavy atom. The van der Waals surface area contributed by atoms with E-state index in [-0.39, 0.29) is 29.7 Å². The van der Waals surface area contributed by atoms with E-state index in [0.717, 1.165) is 42.7 Å². The molecule has 0 bridgehead atoms. The van der Waals surface area contributed by atoms with Gasteiger partial charge in [0, 0.05) is 29.4 Å². The van der Waals surface area contributed by atoms with Crippen molar-refractivity contribution in [3.8, 4) is 0 Å². The molecule has 0 aliphatic heterocycles. The lowest BCUT2D eigenvalue weighted by atomic mass is 9.81. The van der Waals surface area contributed by atoms with Gasteiger partial charge in [-0.25, -0.2) is 0 Å². The first-order valence-corrected chi connectivity index (χ1v) is 9.16. The summed E-state index contributed by atoms with van der Waals surface area (Å²) >= 11 is 5.96. The monoisotopic (exact) mass is 350 g/mol. The third-order valence-electron chi connectivity index (χ3n) is 4.50. The molecular weight excluding hydrogens is 324 g/mol. The summed E-state index contributed by atoms with van der Waals surface area (Å²) in [6.07, 6.45) is 3.95. The standard InChI is InChI=1S/C19H27ClN2O2/c1-13(2)22-19(24)16-8-6-15(7-9-16)18(23)21-11-10-14-4-3-5-17(20)12-14/h3-5,12-13,15-16H,6-11H2,1-2H3,(H,21,23)(H,22,24). The van der Waals surface area contributed by atoms with Crippen molar-refractivity contribution in [1.82, 2.24) is 10.6 Å². The quantitative estimate of drug-likeness (QED) is 0.826. The van der Waals surface area contributed by atoms with Crippen LogP contribution < -0.4 is 10.6 Å². The summed E-state index contributed by atoms with van der Waals surface area (Å²) in [6.45, 7) is 4.56.